The van der Waals surface area contributed by atoms with Crippen molar-refractivity contribution in [2.75, 3.05) is 31.6 Å². The summed E-state index contributed by atoms with van der Waals surface area (Å²) in [6.07, 6.45) is 6.70. The average molecular weight is 330 g/mol. The van der Waals surface area contributed by atoms with E-state index in [0.29, 0.717) is 12.4 Å². The van der Waals surface area contributed by atoms with E-state index in [4.69, 9.17) is 4.74 Å². The Hall–Kier alpha value is -1.73. The van der Waals surface area contributed by atoms with Gasteiger partial charge < -0.3 is 9.64 Å². The van der Waals surface area contributed by atoms with Crippen LogP contribution in [0.25, 0.3) is 5.78 Å². The number of anilines is 1. The highest BCUT2D eigenvalue weighted by Gasteiger charge is 2.31. The highest BCUT2D eigenvalue weighted by molar-refractivity contribution is 5.47. The van der Waals surface area contributed by atoms with Crippen LogP contribution in [0.3, 0.4) is 0 Å². The fourth-order valence-corrected chi connectivity index (χ4v) is 4.22. The molecule has 2 aromatic rings. The van der Waals surface area contributed by atoms with Crippen LogP contribution in [0.4, 0.5) is 5.82 Å². The van der Waals surface area contributed by atoms with Crippen LogP contribution in [0, 0.1) is 0 Å². The van der Waals surface area contributed by atoms with E-state index >= 15 is 0 Å². The first-order chi connectivity index (χ1) is 11.8. The van der Waals surface area contributed by atoms with Crippen LogP contribution in [-0.4, -0.2) is 63.3 Å². The molecule has 0 aromatic carbocycles. The number of hydrogen-bond donors (Lipinski definition) is 0. The van der Waals surface area contributed by atoms with E-state index in [1.165, 1.54) is 32.2 Å². The van der Waals surface area contributed by atoms with Crippen LogP contribution in [-0.2, 0) is 11.3 Å². The van der Waals surface area contributed by atoms with Gasteiger partial charge in [0.15, 0.2) is 0 Å². The minimum Gasteiger partial charge on any atom is -0.378 e. The highest BCUT2D eigenvalue weighted by atomic mass is 16.5. The highest BCUT2D eigenvalue weighted by Crippen LogP contribution is 2.28. The predicted molar refractivity (Wildman–Crippen MR) is 92.1 cm³/mol. The third-order valence-corrected chi connectivity index (χ3v) is 5.44. The monoisotopic (exact) mass is 330 g/mol. The zero-order valence-corrected chi connectivity index (χ0v) is 14.6. The van der Waals surface area contributed by atoms with E-state index in [1.807, 2.05) is 4.52 Å². The quantitative estimate of drug-likeness (QED) is 0.851. The number of rotatable bonds is 4. The molecule has 4 rings (SSSR count). The lowest BCUT2D eigenvalue weighted by Gasteiger charge is -2.39. The Kier molecular flexibility index (Phi) is 4.37. The molecule has 2 aliphatic heterocycles. The van der Waals surface area contributed by atoms with E-state index in [9.17, 15) is 0 Å². The Bertz CT molecular complexity index is 693. The number of nitrogens with zero attached hydrogens (tertiary/aromatic N) is 6. The third kappa shape index (κ3) is 2.86. The maximum absolute atomic E-state index is 5.25. The number of methoxy groups -OCH3 is 1. The lowest BCUT2D eigenvalue weighted by molar-refractivity contribution is 0.163. The van der Waals surface area contributed by atoms with Crippen LogP contribution >= 0.6 is 0 Å². The van der Waals surface area contributed by atoms with Crippen molar-refractivity contribution in [1.82, 2.24) is 24.5 Å². The van der Waals surface area contributed by atoms with Crippen molar-refractivity contribution in [1.29, 1.82) is 0 Å². The summed E-state index contributed by atoms with van der Waals surface area (Å²) in [5.41, 5.74) is 0.906. The second-order valence-electron chi connectivity index (χ2n) is 6.96. The van der Waals surface area contributed by atoms with Gasteiger partial charge in [0.05, 0.1) is 12.3 Å². The Morgan fingerprint density at radius 2 is 2.04 bits per heavy atom. The van der Waals surface area contributed by atoms with Gasteiger partial charge in [0.25, 0.3) is 5.78 Å². The van der Waals surface area contributed by atoms with E-state index in [1.54, 1.807) is 13.4 Å². The average Bonchev–Trinajstić information content (AvgIpc) is 3.23. The van der Waals surface area contributed by atoms with Gasteiger partial charge in [0, 0.05) is 38.3 Å². The molecule has 130 valence electrons. The van der Waals surface area contributed by atoms with Crippen molar-refractivity contribution in [3.05, 3.63) is 18.1 Å². The Labute approximate surface area is 142 Å². The smallest absolute Gasteiger partial charge is 0.254 e. The van der Waals surface area contributed by atoms with Crippen LogP contribution < -0.4 is 4.90 Å². The summed E-state index contributed by atoms with van der Waals surface area (Å²) in [6.45, 7) is 6.25. The molecule has 0 amide bonds. The predicted octanol–water partition coefficient (Wildman–Crippen LogP) is 1.72. The molecule has 24 heavy (non-hydrogen) atoms. The minimum atomic E-state index is 0.498. The van der Waals surface area contributed by atoms with E-state index in [-0.39, 0.29) is 0 Å². The summed E-state index contributed by atoms with van der Waals surface area (Å²) in [5, 5.41) is 4.35. The number of fused-ring (bicyclic) bond motifs is 1. The maximum Gasteiger partial charge on any atom is 0.254 e. The Morgan fingerprint density at radius 1 is 1.21 bits per heavy atom. The zero-order valence-electron chi connectivity index (χ0n) is 14.6. The molecule has 0 saturated carbocycles. The maximum atomic E-state index is 5.25. The molecule has 4 heterocycles. The lowest BCUT2D eigenvalue weighted by atomic mass is 10.0. The molecule has 7 heteroatoms. The van der Waals surface area contributed by atoms with Gasteiger partial charge in [-0.3, -0.25) is 4.90 Å². The van der Waals surface area contributed by atoms with E-state index in [2.05, 4.69) is 37.9 Å². The molecular weight excluding hydrogens is 304 g/mol. The molecule has 1 atom stereocenters. The number of aromatic nitrogens is 4. The van der Waals surface area contributed by atoms with Gasteiger partial charge >= 0.3 is 0 Å². The van der Waals surface area contributed by atoms with E-state index < -0.39 is 0 Å². The number of likely N-dealkylation sites (tertiary alicyclic amines) is 1. The van der Waals surface area contributed by atoms with Gasteiger partial charge in [-0.05, 0) is 39.2 Å². The molecule has 2 fully saturated rings. The fourth-order valence-electron chi connectivity index (χ4n) is 4.22. The normalized spacial score (nSPS) is 23.4. The minimum absolute atomic E-state index is 0.498. The largest absolute Gasteiger partial charge is 0.378 e. The van der Waals surface area contributed by atoms with Crippen molar-refractivity contribution >= 4 is 11.6 Å². The molecule has 0 spiro atoms. The van der Waals surface area contributed by atoms with Crippen molar-refractivity contribution in [2.24, 2.45) is 0 Å². The van der Waals surface area contributed by atoms with Gasteiger partial charge in [-0.25, -0.2) is 4.98 Å². The van der Waals surface area contributed by atoms with Crippen molar-refractivity contribution in [2.45, 2.75) is 51.3 Å². The third-order valence-electron chi connectivity index (χ3n) is 5.44. The zero-order chi connectivity index (χ0) is 16.5. The molecule has 0 radical (unpaired) electrons. The van der Waals surface area contributed by atoms with E-state index in [0.717, 1.165) is 36.7 Å². The first-order valence-electron chi connectivity index (χ1n) is 8.95. The van der Waals surface area contributed by atoms with Crippen LogP contribution in [0.2, 0.25) is 0 Å². The van der Waals surface area contributed by atoms with Crippen molar-refractivity contribution in [3.63, 3.8) is 0 Å². The van der Waals surface area contributed by atoms with Crippen LogP contribution in [0.1, 0.15) is 38.3 Å². The molecule has 0 aliphatic carbocycles. The standard InChI is InChI=1S/C17H26N6O/c1-13-4-3-7-22(13)15-5-8-21(9-6-15)16-10-14(11-24-2)20-17-18-12-19-23(16)17/h10,12-13,15H,3-9,11H2,1-2H3. The second kappa shape index (κ2) is 6.64. The molecule has 2 aliphatic rings. The van der Waals surface area contributed by atoms with Gasteiger partial charge in [-0.1, -0.05) is 0 Å². The van der Waals surface area contributed by atoms with Crippen LogP contribution in [0.15, 0.2) is 12.4 Å². The molecular formula is C17H26N6O. The SMILES string of the molecule is COCc1cc(N2CCC(N3CCCC3C)CC2)n2ncnc2n1. The number of piperidine rings is 1. The summed E-state index contributed by atoms with van der Waals surface area (Å²) < 4.78 is 7.09. The summed E-state index contributed by atoms with van der Waals surface area (Å²) in [4.78, 5) is 13.9. The van der Waals surface area contributed by atoms with Gasteiger partial charge in [-0.2, -0.15) is 14.6 Å². The van der Waals surface area contributed by atoms with Gasteiger partial charge in [0.1, 0.15) is 12.1 Å². The Morgan fingerprint density at radius 3 is 2.75 bits per heavy atom. The van der Waals surface area contributed by atoms with Crippen molar-refractivity contribution < 1.29 is 4.74 Å². The summed E-state index contributed by atoms with van der Waals surface area (Å²) in [7, 11) is 1.69. The topological polar surface area (TPSA) is 58.8 Å². The number of hydrogen-bond acceptors (Lipinski definition) is 6. The van der Waals surface area contributed by atoms with Crippen LogP contribution in [0.5, 0.6) is 0 Å². The van der Waals surface area contributed by atoms with Gasteiger partial charge in [0.2, 0.25) is 0 Å². The first-order valence-corrected chi connectivity index (χ1v) is 8.95. The Balaban J connectivity index is 1.52. The summed E-state index contributed by atoms with van der Waals surface area (Å²) in [6, 6.07) is 3.56. The molecule has 2 aromatic heterocycles. The molecule has 2 saturated heterocycles. The lowest BCUT2D eigenvalue weighted by Crippen LogP contribution is -2.46. The summed E-state index contributed by atoms with van der Waals surface area (Å²) in [5.74, 6) is 1.73. The molecule has 1 unspecified atom stereocenters. The molecule has 0 bridgehead atoms. The molecule has 7 nitrogen and oxygen atoms in total. The first kappa shape index (κ1) is 15.8. The summed E-state index contributed by atoms with van der Waals surface area (Å²) >= 11 is 0. The fraction of sp³-hybridized carbons (Fsp3) is 0.706. The molecule has 0 N–H and O–H groups in total. The van der Waals surface area contributed by atoms with Gasteiger partial charge in [-0.15, -0.1) is 0 Å². The number of ether oxygens (including phenoxy) is 1. The van der Waals surface area contributed by atoms with Crippen molar-refractivity contribution in [3.8, 4) is 0 Å². The second-order valence-corrected chi connectivity index (χ2v) is 6.96.